The average molecular weight is 388 g/mol. The van der Waals surface area contributed by atoms with E-state index in [1.165, 1.54) is 37.0 Å². The Labute approximate surface area is 162 Å². The van der Waals surface area contributed by atoms with Crippen molar-refractivity contribution in [3.63, 3.8) is 0 Å². The molecule has 144 valence electrons. The van der Waals surface area contributed by atoms with Crippen LogP contribution in [0.2, 0.25) is 0 Å². The summed E-state index contributed by atoms with van der Waals surface area (Å²) >= 11 is 1.53. The minimum absolute atomic E-state index is 0.00388. The molecule has 27 heavy (non-hydrogen) atoms. The largest absolute Gasteiger partial charge is 0.346 e. The molecule has 4 rings (SSSR count). The molecule has 1 saturated heterocycles. The first-order chi connectivity index (χ1) is 13.0. The van der Waals surface area contributed by atoms with Crippen LogP contribution in [-0.2, 0) is 11.8 Å². The van der Waals surface area contributed by atoms with Crippen molar-refractivity contribution in [1.82, 2.24) is 25.4 Å². The number of carbonyl (C=O) groups is 2. The second-order valence-corrected chi connectivity index (χ2v) is 8.52. The van der Waals surface area contributed by atoms with Crippen LogP contribution >= 0.6 is 11.3 Å². The van der Waals surface area contributed by atoms with Crippen LogP contribution in [0, 0.1) is 6.92 Å². The number of aryl methyl sites for hydroxylation is 2. The lowest BCUT2D eigenvalue weighted by molar-refractivity contribution is -0.123. The molecule has 2 N–H and O–H groups in total. The lowest BCUT2D eigenvalue weighted by Gasteiger charge is -2.32. The van der Waals surface area contributed by atoms with Crippen molar-refractivity contribution in [3.05, 3.63) is 33.5 Å². The van der Waals surface area contributed by atoms with Crippen molar-refractivity contribution in [3.8, 4) is 0 Å². The predicted octanol–water partition coefficient (Wildman–Crippen LogP) is 2.59. The summed E-state index contributed by atoms with van der Waals surface area (Å²) < 4.78 is 1.74. The molecule has 0 radical (unpaired) electrons. The molecule has 0 unspecified atom stereocenters. The third-order valence-electron chi connectivity index (χ3n) is 5.62. The molecule has 2 aromatic rings. The molecule has 3 heterocycles. The lowest BCUT2D eigenvalue weighted by atomic mass is 9.95. The van der Waals surface area contributed by atoms with Gasteiger partial charge in [0.05, 0.1) is 28.5 Å². The van der Waals surface area contributed by atoms with Crippen molar-refractivity contribution in [2.24, 2.45) is 7.05 Å². The van der Waals surface area contributed by atoms with Crippen LogP contribution in [0.1, 0.15) is 76.6 Å². The second-order valence-electron chi connectivity index (χ2n) is 7.49. The quantitative estimate of drug-likeness (QED) is 0.844. The van der Waals surface area contributed by atoms with Crippen molar-refractivity contribution in [1.29, 1.82) is 0 Å². The molecule has 0 aromatic carbocycles. The smallest absolute Gasteiger partial charge is 0.263 e. The molecule has 8 heteroatoms. The van der Waals surface area contributed by atoms with Gasteiger partial charge in [0, 0.05) is 25.6 Å². The maximum Gasteiger partial charge on any atom is 0.263 e. The number of thiazole rings is 1. The van der Waals surface area contributed by atoms with Gasteiger partial charge in [0.25, 0.3) is 5.91 Å². The van der Waals surface area contributed by atoms with E-state index < -0.39 is 0 Å². The van der Waals surface area contributed by atoms with Crippen LogP contribution < -0.4 is 10.6 Å². The van der Waals surface area contributed by atoms with Gasteiger partial charge >= 0.3 is 0 Å². The van der Waals surface area contributed by atoms with Crippen LogP contribution in [0.15, 0.2) is 12.3 Å². The number of nitrogens with one attached hydrogen (secondary N) is 2. The standard InChI is InChI=1S/C19H25N5O2S/c1-11-17(27-19(21-11)12-5-3-4-6-12)18(26)22-13-7-8-15(25)23-16(13)14-9-10-20-24(14)2/h9-10,12-13,16H,3-8H2,1-2H3,(H,22,26)(H,23,25)/t13-,16-/m1/s1. The van der Waals surface area contributed by atoms with Gasteiger partial charge in [0.1, 0.15) is 4.88 Å². The van der Waals surface area contributed by atoms with Crippen molar-refractivity contribution < 1.29 is 9.59 Å². The van der Waals surface area contributed by atoms with E-state index in [4.69, 9.17) is 0 Å². The number of nitrogens with zero attached hydrogens (tertiary/aromatic N) is 3. The number of piperidine rings is 1. The van der Waals surface area contributed by atoms with Gasteiger partial charge in [-0.25, -0.2) is 4.98 Å². The minimum Gasteiger partial charge on any atom is -0.346 e. The van der Waals surface area contributed by atoms with E-state index in [0.717, 1.165) is 16.4 Å². The van der Waals surface area contributed by atoms with E-state index in [1.807, 2.05) is 20.0 Å². The van der Waals surface area contributed by atoms with E-state index >= 15 is 0 Å². The Hall–Kier alpha value is -2.22. The summed E-state index contributed by atoms with van der Waals surface area (Å²) in [5, 5.41) is 11.4. The van der Waals surface area contributed by atoms with E-state index in [-0.39, 0.29) is 23.9 Å². The number of hydrogen-bond acceptors (Lipinski definition) is 5. The Bertz CT molecular complexity index is 852. The lowest BCUT2D eigenvalue weighted by Crippen LogP contribution is -2.50. The Kier molecular flexibility index (Phi) is 4.99. The third-order valence-corrected chi connectivity index (χ3v) is 6.94. The fraction of sp³-hybridized carbons (Fsp3) is 0.579. The highest BCUT2D eigenvalue weighted by Crippen LogP contribution is 2.37. The van der Waals surface area contributed by atoms with Gasteiger partial charge in [-0.3, -0.25) is 14.3 Å². The van der Waals surface area contributed by atoms with E-state index in [1.54, 1.807) is 10.9 Å². The molecule has 1 aliphatic carbocycles. The van der Waals surface area contributed by atoms with Gasteiger partial charge in [0.15, 0.2) is 0 Å². The third kappa shape index (κ3) is 3.63. The molecule has 0 bridgehead atoms. The normalized spacial score (nSPS) is 23.4. The van der Waals surface area contributed by atoms with Crippen LogP contribution in [0.5, 0.6) is 0 Å². The van der Waals surface area contributed by atoms with Gasteiger partial charge < -0.3 is 10.6 Å². The molecule has 2 aliphatic rings. The fourth-order valence-corrected chi connectivity index (χ4v) is 5.27. The second kappa shape index (κ2) is 7.42. The monoisotopic (exact) mass is 387 g/mol. The highest BCUT2D eigenvalue weighted by molar-refractivity contribution is 7.13. The number of aromatic nitrogens is 3. The van der Waals surface area contributed by atoms with Crippen LogP contribution in [0.25, 0.3) is 0 Å². The summed E-state index contributed by atoms with van der Waals surface area (Å²) in [4.78, 5) is 30.3. The van der Waals surface area contributed by atoms with E-state index in [0.29, 0.717) is 23.6 Å². The van der Waals surface area contributed by atoms with Crippen LogP contribution in [-0.4, -0.2) is 32.6 Å². The zero-order valence-corrected chi connectivity index (χ0v) is 16.5. The first-order valence-corrected chi connectivity index (χ1v) is 10.4. The van der Waals surface area contributed by atoms with Crippen LogP contribution in [0.3, 0.4) is 0 Å². The van der Waals surface area contributed by atoms with Crippen LogP contribution in [0.4, 0.5) is 0 Å². The zero-order chi connectivity index (χ0) is 19.0. The summed E-state index contributed by atoms with van der Waals surface area (Å²) in [6, 6.07) is 1.44. The average Bonchev–Trinajstić information content (AvgIpc) is 3.37. The minimum atomic E-state index is -0.273. The van der Waals surface area contributed by atoms with Gasteiger partial charge in [-0.15, -0.1) is 11.3 Å². The molecule has 1 saturated carbocycles. The first-order valence-electron chi connectivity index (χ1n) is 9.58. The van der Waals surface area contributed by atoms with E-state index in [9.17, 15) is 9.59 Å². The molecule has 1 aliphatic heterocycles. The fourth-order valence-electron chi connectivity index (χ4n) is 4.13. The number of carbonyl (C=O) groups excluding carboxylic acids is 2. The highest BCUT2D eigenvalue weighted by Gasteiger charge is 2.34. The number of hydrogen-bond donors (Lipinski definition) is 2. The molecular weight excluding hydrogens is 362 g/mol. The highest BCUT2D eigenvalue weighted by atomic mass is 32.1. The van der Waals surface area contributed by atoms with Gasteiger partial charge in [-0.1, -0.05) is 12.8 Å². The SMILES string of the molecule is Cc1nc(C2CCCC2)sc1C(=O)N[C@@H]1CCC(=O)N[C@H]1c1ccnn1C. The topological polar surface area (TPSA) is 88.9 Å². The zero-order valence-electron chi connectivity index (χ0n) is 15.7. The molecule has 0 spiro atoms. The summed E-state index contributed by atoms with van der Waals surface area (Å²) in [6.07, 6.45) is 7.57. The van der Waals surface area contributed by atoms with E-state index in [2.05, 4.69) is 20.7 Å². The summed E-state index contributed by atoms with van der Waals surface area (Å²) in [6.45, 7) is 1.91. The maximum atomic E-state index is 13.0. The summed E-state index contributed by atoms with van der Waals surface area (Å²) in [7, 11) is 1.84. The summed E-state index contributed by atoms with van der Waals surface area (Å²) in [5.74, 6) is 0.415. The Morgan fingerprint density at radius 1 is 1.33 bits per heavy atom. The number of rotatable bonds is 4. The van der Waals surface area contributed by atoms with Crippen molar-refractivity contribution >= 4 is 23.2 Å². The molecule has 7 nitrogen and oxygen atoms in total. The molecule has 2 fully saturated rings. The van der Waals surface area contributed by atoms with Gasteiger partial charge in [-0.2, -0.15) is 5.10 Å². The molecule has 2 atom stereocenters. The van der Waals surface area contributed by atoms with Gasteiger partial charge in [0.2, 0.25) is 5.91 Å². The Morgan fingerprint density at radius 3 is 2.81 bits per heavy atom. The first kappa shape index (κ1) is 18.2. The molecular formula is C19H25N5O2S. The Balaban J connectivity index is 1.52. The Morgan fingerprint density at radius 2 is 2.11 bits per heavy atom. The summed E-state index contributed by atoms with van der Waals surface area (Å²) in [5.41, 5.74) is 1.69. The molecule has 2 aromatic heterocycles. The number of amides is 2. The molecule has 2 amide bonds. The van der Waals surface area contributed by atoms with Crippen molar-refractivity contribution in [2.45, 2.75) is 63.5 Å². The van der Waals surface area contributed by atoms with Gasteiger partial charge in [-0.05, 0) is 32.3 Å². The maximum absolute atomic E-state index is 13.0. The van der Waals surface area contributed by atoms with Crippen molar-refractivity contribution in [2.75, 3.05) is 0 Å². The predicted molar refractivity (Wildman–Crippen MR) is 103 cm³/mol.